The molecular formula is C31H40F5N3O5S. The second-order valence-electron chi connectivity index (χ2n) is 12.3. The van der Waals surface area contributed by atoms with E-state index in [0.29, 0.717) is 6.42 Å². The zero-order valence-corrected chi connectivity index (χ0v) is 27.2. The molecule has 0 unspecified atom stereocenters. The number of benzene rings is 1. The van der Waals surface area contributed by atoms with Crippen LogP contribution in [0.5, 0.6) is 5.75 Å². The van der Waals surface area contributed by atoms with Gasteiger partial charge in [-0.3, -0.25) is 14.5 Å². The molecule has 14 heteroatoms. The molecule has 1 aromatic heterocycles. The summed E-state index contributed by atoms with van der Waals surface area (Å²) in [6, 6.07) is -0.508. The predicted molar refractivity (Wildman–Crippen MR) is 157 cm³/mol. The van der Waals surface area contributed by atoms with Gasteiger partial charge in [0.25, 0.3) is 0 Å². The van der Waals surface area contributed by atoms with Crippen LogP contribution in [-0.4, -0.2) is 69.8 Å². The molecule has 1 aliphatic heterocycles. The van der Waals surface area contributed by atoms with Crippen LogP contribution in [0, 0.1) is 46.8 Å². The van der Waals surface area contributed by atoms with Crippen molar-refractivity contribution in [3.63, 3.8) is 0 Å². The largest absolute Gasteiger partial charge is 0.415 e. The molecule has 0 aliphatic carbocycles. The number of aliphatic hydroxyl groups excluding tert-OH is 1. The molecule has 2 heterocycles. The summed E-state index contributed by atoms with van der Waals surface area (Å²) < 4.78 is 72.7. The molecule has 250 valence electrons. The number of Topliss-reactive ketones (excluding diaryl/α,β-unsaturated/α-hetero) is 1. The van der Waals surface area contributed by atoms with Gasteiger partial charge in [0.05, 0.1) is 5.54 Å². The van der Waals surface area contributed by atoms with E-state index in [1.165, 1.54) is 0 Å². The monoisotopic (exact) mass is 661 g/mol. The topological polar surface area (TPSA) is 100 Å². The van der Waals surface area contributed by atoms with Gasteiger partial charge in [0, 0.05) is 37.2 Å². The maximum absolute atomic E-state index is 14.0. The van der Waals surface area contributed by atoms with Crippen molar-refractivity contribution in [2.24, 2.45) is 17.8 Å². The van der Waals surface area contributed by atoms with Crippen LogP contribution in [0.3, 0.4) is 0 Å². The van der Waals surface area contributed by atoms with Crippen molar-refractivity contribution in [1.82, 2.24) is 14.8 Å². The molecule has 1 aromatic carbocycles. The maximum atomic E-state index is 14.0. The minimum absolute atomic E-state index is 0.00116. The molecule has 0 radical (unpaired) electrons. The van der Waals surface area contributed by atoms with Gasteiger partial charge in [-0.05, 0) is 45.2 Å². The van der Waals surface area contributed by atoms with Gasteiger partial charge in [0.2, 0.25) is 40.7 Å². The highest BCUT2D eigenvalue weighted by molar-refractivity contribution is 7.09. The number of amides is 1. The van der Waals surface area contributed by atoms with E-state index >= 15 is 0 Å². The molecule has 8 nitrogen and oxygen atoms in total. The number of likely N-dealkylation sites (N-methyl/N-ethyl adjacent to an activating group) is 1. The SMILES string of the molecule is CC[C@H](C)[C@H](CC(=O)[C@@]1(C)CCCN1C)C(=O)N(C)[C@H](C[C@H](O)c1nc(C(=O)Oc2c(F)c(F)c(F)c(F)c2F)cs1)C(C)C. The Hall–Kier alpha value is -2.97. The van der Waals surface area contributed by atoms with Gasteiger partial charge in [0.15, 0.2) is 11.5 Å². The Morgan fingerprint density at radius 1 is 1.09 bits per heavy atom. The Balaban J connectivity index is 1.76. The smallest absolute Gasteiger partial charge is 0.363 e. The first-order chi connectivity index (χ1) is 21.0. The second-order valence-corrected chi connectivity index (χ2v) is 13.2. The van der Waals surface area contributed by atoms with Crippen LogP contribution in [0.25, 0.3) is 0 Å². The summed E-state index contributed by atoms with van der Waals surface area (Å²) in [5.74, 6) is -15.8. The number of ketones is 1. The quantitative estimate of drug-likeness (QED) is 0.0915. The molecule has 3 rings (SSSR count). The molecule has 5 atom stereocenters. The summed E-state index contributed by atoms with van der Waals surface area (Å²) >= 11 is 0.814. The molecule has 1 aliphatic rings. The third-order valence-electron chi connectivity index (χ3n) is 9.11. The third kappa shape index (κ3) is 7.54. The number of carbonyl (C=O) groups is 3. The Kier molecular flexibility index (Phi) is 11.9. The average molecular weight is 662 g/mol. The minimum atomic E-state index is -2.40. The third-order valence-corrected chi connectivity index (χ3v) is 10.1. The van der Waals surface area contributed by atoms with E-state index < -0.39 is 70.1 Å². The fourth-order valence-corrected chi connectivity index (χ4v) is 6.46. The summed E-state index contributed by atoms with van der Waals surface area (Å²) in [5, 5.41) is 12.1. The Morgan fingerprint density at radius 2 is 1.67 bits per heavy atom. The predicted octanol–water partition coefficient (Wildman–Crippen LogP) is 6.07. The van der Waals surface area contributed by atoms with Crippen molar-refractivity contribution in [3.8, 4) is 5.75 Å². The van der Waals surface area contributed by atoms with Crippen LogP contribution in [0.2, 0.25) is 0 Å². The van der Waals surface area contributed by atoms with E-state index in [1.54, 1.807) is 11.9 Å². The molecule has 2 aromatic rings. The van der Waals surface area contributed by atoms with Gasteiger partial charge in [-0.25, -0.2) is 22.9 Å². The molecular weight excluding hydrogens is 621 g/mol. The number of aromatic nitrogens is 1. The Bertz CT molecular complexity index is 1390. The summed E-state index contributed by atoms with van der Waals surface area (Å²) in [7, 11) is 3.54. The van der Waals surface area contributed by atoms with Crippen LogP contribution in [0.15, 0.2) is 5.38 Å². The van der Waals surface area contributed by atoms with Crippen LogP contribution >= 0.6 is 11.3 Å². The van der Waals surface area contributed by atoms with Gasteiger partial charge in [-0.1, -0.05) is 34.1 Å². The normalized spacial score (nSPS) is 19.8. The Morgan fingerprint density at radius 3 is 2.18 bits per heavy atom. The number of nitrogens with zero attached hydrogens (tertiary/aromatic N) is 3. The number of likely N-dealkylation sites (tertiary alicyclic amines) is 1. The number of rotatable bonds is 13. The van der Waals surface area contributed by atoms with E-state index in [2.05, 4.69) is 9.72 Å². The van der Waals surface area contributed by atoms with Crippen molar-refractivity contribution in [3.05, 3.63) is 45.2 Å². The van der Waals surface area contributed by atoms with Crippen LogP contribution in [0.4, 0.5) is 22.0 Å². The lowest BCUT2D eigenvalue weighted by atomic mass is 9.80. The van der Waals surface area contributed by atoms with Crippen molar-refractivity contribution in [2.45, 2.75) is 84.4 Å². The van der Waals surface area contributed by atoms with Crippen LogP contribution in [-0.2, 0) is 9.59 Å². The maximum Gasteiger partial charge on any atom is 0.363 e. The number of thiazole rings is 1. The lowest BCUT2D eigenvalue weighted by molar-refractivity contribution is -0.143. The lowest BCUT2D eigenvalue weighted by Crippen LogP contribution is -2.50. The first-order valence-electron chi connectivity index (χ1n) is 14.8. The summed E-state index contributed by atoms with van der Waals surface area (Å²) in [5.41, 5.74) is -1.15. The van der Waals surface area contributed by atoms with E-state index in [9.17, 15) is 41.4 Å². The second kappa shape index (κ2) is 14.6. The highest BCUT2D eigenvalue weighted by Gasteiger charge is 2.43. The van der Waals surface area contributed by atoms with E-state index in [4.69, 9.17) is 0 Å². The fourth-order valence-electron chi connectivity index (χ4n) is 5.67. The molecule has 1 fully saturated rings. The molecule has 0 saturated carbocycles. The molecule has 0 bridgehead atoms. The van der Waals surface area contributed by atoms with Crippen molar-refractivity contribution < 1.29 is 46.2 Å². The van der Waals surface area contributed by atoms with Gasteiger partial charge in [-0.15, -0.1) is 11.3 Å². The van der Waals surface area contributed by atoms with Crippen LogP contribution < -0.4 is 4.74 Å². The lowest BCUT2D eigenvalue weighted by Gasteiger charge is -2.37. The van der Waals surface area contributed by atoms with E-state index in [-0.39, 0.29) is 41.4 Å². The van der Waals surface area contributed by atoms with Crippen molar-refractivity contribution in [1.29, 1.82) is 0 Å². The van der Waals surface area contributed by atoms with Crippen molar-refractivity contribution in [2.75, 3.05) is 20.6 Å². The molecule has 1 saturated heterocycles. The number of aliphatic hydroxyl groups is 1. The molecule has 1 amide bonds. The zero-order valence-electron chi connectivity index (χ0n) is 26.4. The first kappa shape index (κ1) is 36.5. The van der Waals surface area contributed by atoms with Gasteiger partial charge >= 0.3 is 5.97 Å². The summed E-state index contributed by atoms with van der Waals surface area (Å²) in [6.07, 6.45) is 1.12. The van der Waals surface area contributed by atoms with E-state index in [1.807, 2.05) is 46.6 Å². The summed E-state index contributed by atoms with van der Waals surface area (Å²) in [6.45, 7) is 10.4. The van der Waals surface area contributed by atoms with Gasteiger partial charge < -0.3 is 14.7 Å². The number of hydrogen-bond donors (Lipinski definition) is 1. The highest BCUT2D eigenvalue weighted by atomic mass is 32.1. The van der Waals surface area contributed by atoms with Gasteiger partial charge in [-0.2, -0.15) is 8.78 Å². The number of ether oxygens (including phenoxy) is 1. The van der Waals surface area contributed by atoms with Crippen LogP contribution in [0.1, 0.15) is 88.3 Å². The first-order valence-corrected chi connectivity index (χ1v) is 15.7. The number of hydrogen-bond acceptors (Lipinski definition) is 8. The van der Waals surface area contributed by atoms with E-state index in [0.717, 1.165) is 36.1 Å². The number of esters is 1. The standard InChI is InChI=1S/C31H40F5N3O5S/c1-8-16(4)17(12-21(41)31(5)10-9-11-38(31)6)29(42)39(7)19(15(2)3)13-20(40)28-37-18(14-45-28)30(43)44-27-25(35)23(33)22(32)24(34)26(27)36/h14-17,19-20,40H,8-13H2,1-7H3/t16-,17-,19+,20-,31+/m0/s1. The molecule has 0 spiro atoms. The zero-order chi connectivity index (χ0) is 34.0. The molecule has 45 heavy (non-hydrogen) atoms. The van der Waals surface area contributed by atoms with Gasteiger partial charge in [0.1, 0.15) is 11.1 Å². The molecule has 1 N–H and O–H groups in total. The average Bonchev–Trinajstić information content (AvgIpc) is 3.64. The Labute approximate surface area is 263 Å². The number of carbonyl (C=O) groups excluding carboxylic acids is 3. The summed E-state index contributed by atoms with van der Waals surface area (Å²) in [4.78, 5) is 47.4. The highest BCUT2D eigenvalue weighted by Crippen LogP contribution is 2.35. The minimum Gasteiger partial charge on any atom is -0.415 e. The number of halogens is 5. The fraction of sp³-hybridized carbons (Fsp3) is 0.613. The van der Waals surface area contributed by atoms with Crippen molar-refractivity contribution >= 4 is 29.0 Å².